The lowest BCUT2D eigenvalue weighted by molar-refractivity contribution is -0.123. The van der Waals surface area contributed by atoms with E-state index in [1.54, 1.807) is 0 Å². The van der Waals surface area contributed by atoms with E-state index in [4.69, 9.17) is 5.73 Å². The quantitative estimate of drug-likeness (QED) is 0.726. The maximum absolute atomic E-state index is 12.4. The van der Waals surface area contributed by atoms with E-state index in [-0.39, 0.29) is 24.0 Å². The molecule has 1 heterocycles. The van der Waals surface area contributed by atoms with Crippen LogP contribution in [0.3, 0.4) is 0 Å². The summed E-state index contributed by atoms with van der Waals surface area (Å²) in [4.78, 5) is 26.5. The highest BCUT2D eigenvalue weighted by Crippen LogP contribution is 2.27. The fourth-order valence-electron chi connectivity index (χ4n) is 4.58. The predicted octanol–water partition coefficient (Wildman–Crippen LogP) is 2.13. The van der Waals surface area contributed by atoms with Crippen LogP contribution in [-0.2, 0) is 4.79 Å². The molecule has 3 aliphatic rings. The van der Waals surface area contributed by atoms with Gasteiger partial charge in [-0.3, -0.25) is 4.79 Å². The van der Waals surface area contributed by atoms with Crippen molar-refractivity contribution in [2.45, 2.75) is 88.8 Å². The van der Waals surface area contributed by atoms with Gasteiger partial charge in [0.1, 0.15) is 0 Å². The summed E-state index contributed by atoms with van der Waals surface area (Å²) in [7, 11) is 0. The fourth-order valence-corrected chi connectivity index (χ4v) is 4.58. The zero-order valence-corrected chi connectivity index (χ0v) is 15.3. The third-order valence-corrected chi connectivity index (χ3v) is 6.25. The second-order valence-corrected chi connectivity index (χ2v) is 8.17. The first kappa shape index (κ1) is 18.5. The molecule has 3 fully saturated rings. The molecule has 1 aliphatic heterocycles. The lowest BCUT2D eigenvalue weighted by Gasteiger charge is -2.34. The number of hydrogen-bond donors (Lipinski definition) is 3. The van der Waals surface area contributed by atoms with Gasteiger partial charge in [0.05, 0.1) is 0 Å². The van der Waals surface area contributed by atoms with Gasteiger partial charge in [-0.1, -0.05) is 25.7 Å². The molecule has 4 N–H and O–H groups in total. The topological polar surface area (TPSA) is 87.5 Å². The van der Waals surface area contributed by atoms with Crippen molar-refractivity contribution in [3.05, 3.63) is 0 Å². The minimum absolute atomic E-state index is 0.0774. The molecule has 142 valence electrons. The molecule has 1 saturated heterocycles. The number of nitrogens with two attached hydrogens (primary N) is 1. The maximum atomic E-state index is 12.4. The molecule has 3 rings (SSSR count). The van der Waals surface area contributed by atoms with E-state index in [9.17, 15) is 9.59 Å². The second kappa shape index (κ2) is 8.88. The van der Waals surface area contributed by atoms with E-state index in [0.29, 0.717) is 18.4 Å². The number of likely N-dealkylation sites (tertiary alicyclic amines) is 1. The van der Waals surface area contributed by atoms with Gasteiger partial charge in [-0.05, 0) is 44.4 Å². The summed E-state index contributed by atoms with van der Waals surface area (Å²) >= 11 is 0. The first-order valence-electron chi connectivity index (χ1n) is 10.2. The zero-order valence-electron chi connectivity index (χ0n) is 15.3. The SMILES string of the molecule is N[C@@H]1CCC[C@H]1CC(=O)NC1CCN(C(=O)NC2CCCCC2)CC1. The van der Waals surface area contributed by atoms with Gasteiger partial charge in [-0.2, -0.15) is 0 Å². The average Bonchev–Trinajstić information content (AvgIpc) is 3.01. The first-order chi connectivity index (χ1) is 12.1. The Bertz CT molecular complexity index is 456. The third kappa shape index (κ3) is 5.33. The summed E-state index contributed by atoms with van der Waals surface area (Å²) in [6.07, 6.45) is 11.5. The Balaban J connectivity index is 1.35. The molecular formula is C19H34N4O2. The molecule has 0 bridgehead atoms. The third-order valence-electron chi connectivity index (χ3n) is 6.25. The maximum Gasteiger partial charge on any atom is 0.317 e. The minimum atomic E-state index is 0.0774. The Morgan fingerprint density at radius 3 is 2.16 bits per heavy atom. The number of carbonyl (C=O) groups excluding carboxylic acids is 2. The molecule has 0 aromatic carbocycles. The fraction of sp³-hybridized carbons (Fsp3) is 0.895. The van der Waals surface area contributed by atoms with E-state index >= 15 is 0 Å². The summed E-state index contributed by atoms with van der Waals surface area (Å²) in [5.74, 6) is 0.480. The number of nitrogens with one attached hydrogen (secondary N) is 2. The number of rotatable bonds is 4. The van der Waals surface area contributed by atoms with Crippen molar-refractivity contribution in [3.8, 4) is 0 Å². The van der Waals surface area contributed by atoms with Crippen molar-refractivity contribution in [2.75, 3.05) is 13.1 Å². The van der Waals surface area contributed by atoms with Gasteiger partial charge in [0.2, 0.25) is 5.91 Å². The van der Waals surface area contributed by atoms with E-state index < -0.39 is 0 Å². The van der Waals surface area contributed by atoms with Crippen molar-refractivity contribution in [1.29, 1.82) is 0 Å². The molecule has 25 heavy (non-hydrogen) atoms. The Morgan fingerprint density at radius 1 is 0.840 bits per heavy atom. The molecule has 0 unspecified atom stereocenters. The largest absolute Gasteiger partial charge is 0.353 e. The van der Waals surface area contributed by atoms with Crippen molar-refractivity contribution in [1.82, 2.24) is 15.5 Å². The van der Waals surface area contributed by atoms with Crippen LogP contribution in [-0.4, -0.2) is 48.1 Å². The Hall–Kier alpha value is -1.30. The lowest BCUT2D eigenvalue weighted by atomic mass is 9.95. The standard InChI is InChI=1S/C19H34N4O2/c20-17-8-4-5-14(17)13-18(24)21-16-9-11-23(12-10-16)19(25)22-15-6-2-1-3-7-15/h14-17H,1-13,20H2,(H,21,24)(H,22,25)/t14-,17+/m0/s1. The van der Waals surface area contributed by atoms with Crippen LogP contribution in [0.4, 0.5) is 4.79 Å². The van der Waals surface area contributed by atoms with Gasteiger partial charge in [-0.15, -0.1) is 0 Å². The summed E-state index contributed by atoms with van der Waals surface area (Å²) in [6.45, 7) is 1.46. The van der Waals surface area contributed by atoms with Gasteiger partial charge in [0.25, 0.3) is 0 Å². The molecule has 0 spiro atoms. The second-order valence-electron chi connectivity index (χ2n) is 8.17. The number of hydrogen-bond acceptors (Lipinski definition) is 3. The number of amides is 3. The molecule has 0 aromatic rings. The smallest absolute Gasteiger partial charge is 0.317 e. The van der Waals surface area contributed by atoms with Crippen LogP contribution >= 0.6 is 0 Å². The van der Waals surface area contributed by atoms with E-state index in [1.165, 1.54) is 19.3 Å². The Morgan fingerprint density at radius 2 is 1.52 bits per heavy atom. The highest BCUT2D eigenvalue weighted by Gasteiger charge is 2.29. The number of urea groups is 1. The molecule has 3 amide bonds. The monoisotopic (exact) mass is 350 g/mol. The first-order valence-corrected chi connectivity index (χ1v) is 10.2. The van der Waals surface area contributed by atoms with Crippen molar-refractivity contribution < 1.29 is 9.59 Å². The van der Waals surface area contributed by atoms with Crippen LogP contribution < -0.4 is 16.4 Å². The van der Waals surface area contributed by atoms with Crippen LogP contribution in [0.1, 0.15) is 70.6 Å². The van der Waals surface area contributed by atoms with E-state index in [2.05, 4.69) is 10.6 Å². The minimum Gasteiger partial charge on any atom is -0.353 e. The number of carbonyl (C=O) groups is 2. The molecular weight excluding hydrogens is 316 g/mol. The van der Waals surface area contributed by atoms with Crippen LogP contribution in [0, 0.1) is 5.92 Å². The van der Waals surface area contributed by atoms with Gasteiger partial charge in [0, 0.05) is 37.6 Å². The summed E-state index contributed by atoms with van der Waals surface area (Å²) in [6, 6.07) is 0.822. The van der Waals surface area contributed by atoms with Crippen molar-refractivity contribution >= 4 is 11.9 Å². The lowest BCUT2D eigenvalue weighted by Crippen LogP contribution is -2.51. The molecule has 6 nitrogen and oxygen atoms in total. The highest BCUT2D eigenvalue weighted by atomic mass is 16.2. The van der Waals surface area contributed by atoms with Crippen LogP contribution in [0.2, 0.25) is 0 Å². The molecule has 6 heteroatoms. The number of piperidine rings is 1. The van der Waals surface area contributed by atoms with Crippen LogP contribution in [0.15, 0.2) is 0 Å². The zero-order chi connectivity index (χ0) is 17.6. The molecule has 2 atom stereocenters. The molecule has 2 aliphatic carbocycles. The van der Waals surface area contributed by atoms with Gasteiger partial charge < -0.3 is 21.3 Å². The Kier molecular flexibility index (Phi) is 6.57. The number of nitrogens with zero attached hydrogens (tertiary/aromatic N) is 1. The average molecular weight is 351 g/mol. The highest BCUT2D eigenvalue weighted by molar-refractivity contribution is 5.77. The molecule has 2 saturated carbocycles. The predicted molar refractivity (Wildman–Crippen MR) is 98.1 cm³/mol. The summed E-state index contributed by atoms with van der Waals surface area (Å²) in [5.41, 5.74) is 6.06. The normalized spacial score (nSPS) is 28.8. The van der Waals surface area contributed by atoms with Gasteiger partial charge in [0.15, 0.2) is 0 Å². The van der Waals surface area contributed by atoms with Crippen molar-refractivity contribution in [2.24, 2.45) is 11.7 Å². The van der Waals surface area contributed by atoms with Crippen molar-refractivity contribution in [3.63, 3.8) is 0 Å². The van der Waals surface area contributed by atoms with Gasteiger partial charge in [-0.25, -0.2) is 4.79 Å². The molecule has 0 aromatic heterocycles. The van der Waals surface area contributed by atoms with Crippen LogP contribution in [0.5, 0.6) is 0 Å². The van der Waals surface area contributed by atoms with Gasteiger partial charge >= 0.3 is 6.03 Å². The summed E-state index contributed by atoms with van der Waals surface area (Å²) < 4.78 is 0. The summed E-state index contributed by atoms with van der Waals surface area (Å²) in [5, 5.41) is 6.34. The van der Waals surface area contributed by atoms with Crippen LogP contribution in [0.25, 0.3) is 0 Å². The van der Waals surface area contributed by atoms with E-state index in [0.717, 1.165) is 58.0 Å². The molecule has 0 radical (unpaired) electrons. The Labute approximate surface area is 151 Å². The van der Waals surface area contributed by atoms with E-state index in [1.807, 2.05) is 4.90 Å².